The lowest BCUT2D eigenvalue weighted by molar-refractivity contribution is -0.143. The summed E-state index contributed by atoms with van der Waals surface area (Å²) in [6.07, 6.45) is 0.966. The molecule has 0 aliphatic heterocycles. The summed E-state index contributed by atoms with van der Waals surface area (Å²) in [7, 11) is 0. The maximum atomic E-state index is 11.3. The first-order valence-electron chi connectivity index (χ1n) is 5.59. The van der Waals surface area contributed by atoms with E-state index >= 15 is 0 Å². The number of carbonyl (C=O) groups is 2. The van der Waals surface area contributed by atoms with Crippen molar-refractivity contribution in [2.45, 2.75) is 39.7 Å². The number of carboxylic acid groups (broad SMARTS) is 1. The smallest absolute Gasteiger partial charge is 0.308 e. The first-order chi connectivity index (χ1) is 7.34. The number of hydrogen-bond donors (Lipinski definition) is 3. The Labute approximate surface area is 96.4 Å². The van der Waals surface area contributed by atoms with Crippen LogP contribution >= 0.6 is 0 Å². The molecule has 5 heteroatoms. The van der Waals surface area contributed by atoms with Gasteiger partial charge in [-0.05, 0) is 19.3 Å². The van der Waals surface area contributed by atoms with Crippen molar-refractivity contribution in [1.82, 2.24) is 5.32 Å². The van der Waals surface area contributed by atoms with E-state index in [-0.39, 0.29) is 24.4 Å². The third-order valence-corrected chi connectivity index (χ3v) is 2.47. The van der Waals surface area contributed by atoms with Crippen LogP contribution in [0, 0.1) is 11.8 Å². The molecular weight excluding hydrogens is 208 g/mol. The number of nitrogens with two attached hydrogens (primary N) is 1. The normalized spacial score (nSPS) is 14.6. The molecule has 2 unspecified atom stereocenters. The molecule has 0 saturated carbocycles. The summed E-state index contributed by atoms with van der Waals surface area (Å²) in [5.41, 5.74) is 5.52. The van der Waals surface area contributed by atoms with Gasteiger partial charge in [-0.15, -0.1) is 0 Å². The molecule has 0 aromatic heterocycles. The maximum Gasteiger partial charge on any atom is 0.308 e. The van der Waals surface area contributed by atoms with Crippen LogP contribution in [0.15, 0.2) is 0 Å². The molecule has 94 valence electrons. The van der Waals surface area contributed by atoms with Gasteiger partial charge in [0.1, 0.15) is 0 Å². The van der Waals surface area contributed by atoms with Crippen molar-refractivity contribution >= 4 is 11.9 Å². The second-order valence-corrected chi connectivity index (χ2v) is 4.51. The molecule has 0 heterocycles. The van der Waals surface area contributed by atoms with E-state index in [0.29, 0.717) is 12.8 Å². The number of hydrogen-bond acceptors (Lipinski definition) is 3. The summed E-state index contributed by atoms with van der Waals surface area (Å²) < 4.78 is 0. The van der Waals surface area contributed by atoms with Gasteiger partial charge in [0.2, 0.25) is 5.91 Å². The minimum absolute atomic E-state index is 0.00577. The van der Waals surface area contributed by atoms with Crippen LogP contribution in [-0.4, -0.2) is 29.6 Å². The average Bonchev–Trinajstić information content (AvgIpc) is 2.13. The number of rotatable bonds is 7. The third-order valence-electron chi connectivity index (χ3n) is 2.47. The molecular formula is C11H22N2O3. The van der Waals surface area contributed by atoms with Crippen LogP contribution in [0.1, 0.15) is 33.6 Å². The summed E-state index contributed by atoms with van der Waals surface area (Å²) in [4.78, 5) is 22.2. The van der Waals surface area contributed by atoms with E-state index < -0.39 is 11.9 Å². The Morgan fingerprint density at radius 1 is 1.31 bits per heavy atom. The fraction of sp³-hybridized carbons (Fsp3) is 0.818. The highest BCUT2D eigenvalue weighted by molar-refractivity contribution is 5.77. The van der Waals surface area contributed by atoms with E-state index in [9.17, 15) is 9.59 Å². The summed E-state index contributed by atoms with van der Waals surface area (Å²) >= 11 is 0. The molecule has 16 heavy (non-hydrogen) atoms. The quantitative estimate of drug-likeness (QED) is 0.596. The number of carbonyl (C=O) groups excluding carboxylic acids is 1. The molecule has 0 aromatic carbocycles. The lowest BCUT2D eigenvalue weighted by Gasteiger charge is -2.16. The van der Waals surface area contributed by atoms with E-state index in [4.69, 9.17) is 10.8 Å². The standard InChI is InChI=1S/C11H22N2O3/c1-7(2)9(11(15)16)6-13-10(14)5-4-8(3)12/h7-9H,4-6,12H2,1-3H3,(H,13,14)(H,15,16). The number of carboxylic acids is 1. The molecule has 4 N–H and O–H groups in total. The zero-order valence-electron chi connectivity index (χ0n) is 10.2. The number of nitrogens with one attached hydrogen (secondary N) is 1. The lowest BCUT2D eigenvalue weighted by Crippen LogP contribution is -2.36. The first-order valence-corrected chi connectivity index (χ1v) is 5.59. The monoisotopic (exact) mass is 230 g/mol. The zero-order chi connectivity index (χ0) is 12.7. The summed E-state index contributed by atoms with van der Waals surface area (Å²) in [6.45, 7) is 5.67. The van der Waals surface area contributed by atoms with Gasteiger partial charge in [0, 0.05) is 19.0 Å². The van der Waals surface area contributed by atoms with Crippen molar-refractivity contribution in [2.24, 2.45) is 17.6 Å². The van der Waals surface area contributed by atoms with Crippen LogP contribution < -0.4 is 11.1 Å². The van der Waals surface area contributed by atoms with Crippen molar-refractivity contribution in [3.05, 3.63) is 0 Å². The molecule has 2 atom stereocenters. The highest BCUT2D eigenvalue weighted by atomic mass is 16.4. The molecule has 0 rings (SSSR count). The second-order valence-electron chi connectivity index (χ2n) is 4.51. The lowest BCUT2D eigenvalue weighted by atomic mass is 9.96. The van der Waals surface area contributed by atoms with Crippen LogP contribution in [0.2, 0.25) is 0 Å². The van der Waals surface area contributed by atoms with E-state index in [2.05, 4.69) is 5.32 Å². The van der Waals surface area contributed by atoms with Gasteiger partial charge in [-0.25, -0.2) is 0 Å². The van der Waals surface area contributed by atoms with Crippen LogP contribution in [0.25, 0.3) is 0 Å². The number of aliphatic carboxylic acids is 1. The minimum Gasteiger partial charge on any atom is -0.481 e. The van der Waals surface area contributed by atoms with Crippen molar-refractivity contribution < 1.29 is 14.7 Å². The van der Waals surface area contributed by atoms with Gasteiger partial charge in [-0.3, -0.25) is 9.59 Å². The average molecular weight is 230 g/mol. The predicted molar refractivity (Wildman–Crippen MR) is 61.9 cm³/mol. The Kier molecular flexibility index (Phi) is 6.72. The molecule has 0 radical (unpaired) electrons. The van der Waals surface area contributed by atoms with Gasteiger partial charge >= 0.3 is 5.97 Å². The fourth-order valence-corrected chi connectivity index (χ4v) is 1.28. The van der Waals surface area contributed by atoms with Gasteiger partial charge in [-0.2, -0.15) is 0 Å². The van der Waals surface area contributed by atoms with Crippen molar-refractivity contribution in [1.29, 1.82) is 0 Å². The Morgan fingerprint density at radius 3 is 2.25 bits per heavy atom. The Morgan fingerprint density at radius 2 is 1.88 bits per heavy atom. The van der Waals surface area contributed by atoms with Crippen molar-refractivity contribution in [2.75, 3.05) is 6.54 Å². The summed E-state index contributed by atoms with van der Waals surface area (Å²) in [5, 5.41) is 11.5. The zero-order valence-corrected chi connectivity index (χ0v) is 10.2. The van der Waals surface area contributed by atoms with Gasteiger partial charge in [0.25, 0.3) is 0 Å². The first kappa shape index (κ1) is 14.9. The summed E-state index contributed by atoms with van der Waals surface area (Å²) in [6, 6.07) is -0.00822. The molecule has 5 nitrogen and oxygen atoms in total. The topological polar surface area (TPSA) is 92.4 Å². The molecule has 0 aliphatic rings. The summed E-state index contributed by atoms with van der Waals surface area (Å²) in [5.74, 6) is -1.53. The van der Waals surface area contributed by atoms with E-state index in [1.807, 2.05) is 20.8 Å². The molecule has 1 amide bonds. The van der Waals surface area contributed by atoms with Gasteiger partial charge < -0.3 is 16.2 Å². The number of amides is 1. The molecule has 0 spiro atoms. The van der Waals surface area contributed by atoms with Crippen LogP contribution in [0.5, 0.6) is 0 Å². The fourth-order valence-electron chi connectivity index (χ4n) is 1.28. The SMILES string of the molecule is CC(N)CCC(=O)NCC(C(=O)O)C(C)C. The van der Waals surface area contributed by atoms with Crippen LogP contribution in [0.3, 0.4) is 0 Å². The molecule has 0 aromatic rings. The Balaban J connectivity index is 3.93. The Hall–Kier alpha value is -1.10. The maximum absolute atomic E-state index is 11.3. The Bertz CT molecular complexity index is 239. The highest BCUT2D eigenvalue weighted by Crippen LogP contribution is 2.09. The van der Waals surface area contributed by atoms with Crippen LogP contribution in [0.4, 0.5) is 0 Å². The second kappa shape index (κ2) is 7.22. The highest BCUT2D eigenvalue weighted by Gasteiger charge is 2.21. The van der Waals surface area contributed by atoms with Crippen molar-refractivity contribution in [3.8, 4) is 0 Å². The van der Waals surface area contributed by atoms with E-state index in [1.165, 1.54) is 0 Å². The molecule has 0 fully saturated rings. The minimum atomic E-state index is -0.873. The van der Waals surface area contributed by atoms with Crippen molar-refractivity contribution in [3.63, 3.8) is 0 Å². The molecule has 0 bridgehead atoms. The molecule has 0 aliphatic carbocycles. The predicted octanol–water partition coefficient (Wildman–Crippen LogP) is 0.587. The van der Waals surface area contributed by atoms with Gasteiger partial charge in [0.15, 0.2) is 0 Å². The third kappa shape index (κ3) is 6.40. The largest absolute Gasteiger partial charge is 0.481 e. The van der Waals surface area contributed by atoms with Gasteiger partial charge in [-0.1, -0.05) is 13.8 Å². The van der Waals surface area contributed by atoms with Gasteiger partial charge in [0.05, 0.1) is 5.92 Å². The van der Waals surface area contributed by atoms with E-state index in [0.717, 1.165) is 0 Å². The van der Waals surface area contributed by atoms with Crippen LogP contribution in [-0.2, 0) is 9.59 Å². The van der Waals surface area contributed by atoms with E-state index in [1.54, 1.807) is 0 Å². The molecule has 0 saturated heterocycles.